The van der Waals surface area contributed by atoms with Crippen LogP contribution in [0.3, 0.4) is 0 Å². The molecule has 1 aromatic heterocycles. The Bertz CT molecular complexity index is 391. The third kappa shape index (κ3) is 1.92. The van der Waals surface area contributed by atoms with Gasteiger partial charge in [-0.3, -0.25) is 0 Å². The quantitative estimate of drug-likeness (QED) is 0.573. The Balaban J connectivity index is 2.87. The van der Waals surface area contributed by atoms with Gasteiger partial charge in [0.15, 0.2) is 5.54 Å². The van der Waals surface area contributed by atoms with Gasteiger partial charge in [-0.05, 0) is 6.92 Å². The van der Waals surface area contributed by atoms with Crippen LogP contribution in [0.4, 0.5) is 0 Å². The highest BCUT2D eigenvalue weighted by atomic mass is 16.4. The minimum atomic E-state index is -1.67. The van der Waals surface area contributed by atoms with Gasteiger partial charge in [-0.15, -0.1) is 6.42 Å². The number of nitrogens with zero attached hydrogens (tertiary/aromatic N) is 1. The summed E-state index contributed by atoms with van der Waals surface area (Å²) in [4.78, 5) is 17.6. The number of carboxylic acid groups (broad SMARTS) is 1. The predicted molar refractivity (Wildman–Crippen MR) is 50.4 cm³/mol. The first kappa shape index (κ1) is 10.3. The van der Waals surface area contributed by atoms with Crippen LogP contribution in [0.1, 0.15) is 11.5 Å². The van der Waals surface area contributed by atoms with E-state index in [1.807, 2.05) is 0 Å². The molecule has 1 atom stereocenters. The number of H-pyrrole nitrogens is 1. The zero-order valence-electron chi connectivity index (χ0n) is 7.74. The minimum Gasteiger partial charge on any atom is -0.479 e. The number of rotatable bonds is 3. The molecule has 0 bridgehead atoms. The Morgan fingerprint density at radius 2 is 2.57 bits per heavy atom. The Labute approximate surface area is 81.3 Å². The molecule has 0 aliphatic rings. The van der Waals surface area contributed by atoms with Gasteiger partial charge in [-0.1, -0.05) is 5.92 Å². The highest BCUT2D eigenvalue weighted by molar-refractivity contribution is 5.83. The van der Waals surface area contributed by atoms with Crippen molar-refractivity contribution in [2.24, 2.45) is 5.73 Å². The lowest BCUT2D eigenvalue weighted by atomic mass is 9.96. The van der Waals surface area contributed by atoms with Gasteiger partial charge >= 0.3 is 5.97 Å². The van der Waals surface area contributed by atoms with Crippen LogP contribution in [0.25, 0.3) is 0 Å². The average molecular weight is 193 g/mol. The van der Waals surface area contributed by atoms with E-state index in [1.54, 1.807) is 6.92 Å². The molecule has 0 saturated carbocycles. The first-order chi connectivity index (χ1) is 6.48. The molecule has 0 fully saturated rings. The van der Waals surface area contributed by atoms with Crippen molar-refractivity contribution in [3.63, 3.8) is 0 Å². The summed E-state index contributed by atoms with van der Waals surface area (Å²) in [6, 6.07) is 0. The zero-order valence-corrected chi connectivity index (χ0v) is 7.74. The number of nitrogens with two attached hydrogens (primary N) is 1. The number of carbonyl (C=O) groups is 1. The van der Waals surface area contributed by atoms with Gasteiger partial charge in [-0.25, -0.2) is 9.78 Å². The van der Waals surface area contributed by atoms with E-state index in [9.17, 15) is 4.79 Å². The van der Waals surface area contributed by atoms with Crippen LogP contribution in [0.5, 0.6) is 0 Å². The second-order valence-electron chi connectivity index (χ2n) is 3.09. The average Bonchev–Trinajstić information content (AvgIpc) is 2.50. The van der Waals surface area contributed by atoms with Crippen molar-refractivity contribution in [3.05, 3.63) is 17.7 Å². The minimum absolute atomic E-state index is 0.0413. The van der Waals surface area contributed by atoms with Gasteiger partial charge in [0.05, 0.1) is 0 Å². The van der Waals surface area contributed by atoms with Gasteiger partial charge in [0, 0.05) is 18.3 Å². The molecule has 14 heavy (non-hydrogen) atoms. The van der Waals surface area contributed by atoms with E-state index < -0.39 is 11.5 Å². The van der Waals surface area contributed by atoms with Gasteiger partial charge in [0.1, 0.15) is 5.82 Å². The molecule has 5 heteroatoms. The third-order valence-corrected chi connectivity index (χ3v) is 1.86. The van der Waals surface area contributed by atoms with Crippen molar-refractivity contribution >= 4 is 5.97 Å². The van der Waals surface area contributed by atoms with Crippen molar-refractivity contribution in [3.8, 4) is 12.3 Å². The summed E-state index contributed by atoms with van der Waals surface area (Å²) in [6.45, 7) is 1.76. The topological polar surface area (TPSA) is 92.0 Å². The molecule has 0 aromatic carbocycles. The summed E-state index contributed by atoms with van der Waals surface area (Å²) in [5, 5.41) is 8.80. The molecule has 0 aliphatic heterocycles. The predicted octanol–water partition coefficient (Wildman–Crippen LogP) is -0.324. The molecule has 0 aliphatic carbocycles. The molecule has 1 rings (SSSR count). The van der Waals surface area contributed by atoms with Crippen LogP contribution in [-0.2, 0) is 11.2 Å². The SMILES string of the molecule is C#CC(N)(Cc1cnc(C)[nH]1)C(=O)O. The van der Waals surface area contributed by atoms with Crippen molar-refractivity contribution in [1.29, 1.82) is 0 Å². The Kier molecular flexibility index (Phi) is 2.58. The number of carboxylic acids is 1. The molecular formula is C9H11N3O2. The third-order valence-electron chi connectivity index (χ3n) is 1.86. The Morgan fingerprint density at radius 1 is 1.93 bits per heavy atom. The number of imidazole rings is 1. The second kappa shape index (κ2) is 3.52. The maximum absolute atomic E-state index is 10.8. The molecule has 1 heterocycles. The van der Waals surface area contributed by atoms with Gasteiger partial charge < -0.3 is 15.8 Å². The van der Waals surface area contributed by atoms with E-state index in [1.165, 1.54) is 6.20 Å². The second-order valence-corrected chi connectivity index (χ2v) is 3.09. The molecule has 5 nitrogen and oxygen atoms in total. The smallest absolute Gasteiger partial charge is 0.336 e. The number of aryl methyl sites for hydroxylation is 1. The highest BCUT2D eigenvalue weighted by Crippen LogP contribution is 2.08. The van der Waals surface area contributed by atoms with E-state index in [2.05, 4.69) is 15.9 Å². The molecular weight excluding hydrogens is 182 g/mol. The normalized spacial score (nSPS) is 14.4. The maximum Gasteiger partial charge on any atom is 0.336 e. The number of hydrogen-bond donors (Lipinski definition) is 3. The fourth-order valence-corrected chi connectivity index (χ4v) is 1.05. The number of aliphatic carboxylic acids is 1. The first-order valence-electron chi connectivity index (χ1n) is 3.98. The molecule has 74 valence electrons. The number of nitrogens with one attached hydrogen (secondary N) is 1. The molecule has 0 spiro atoms. The monoisotopic (exact) mass is 193 g/mol. The van der Waals surface area contributed by atoms with Crippen molar-refractivity contribution in [2.75, 3.05) is 0 Å². The van der Waals surface area contributed by atoms with Crippen LogP contribution in [0.2, 0.25) is 0 Å². The molecule has 4 N–H and O–H groups in total. The van der Waals surface area contributed by atoms with E-state index >= 15 is 0 Å². The lowest BCUT2D eigenvalue weighted by Gasteiger charge is -2.16. The number of hydrogen-bond acceptors (Lipinski definition) is 3. The summed E-state index contributed by atoms with van der Waals surface area (Å²) in [5.41, 5.74) is 4.45. The van der Waals surface area contributed by atoms with Gasteiger partial charge in [0.2, 0.25) is 0 Å². The standard InChI is InChI=1S/C9H11N3O2/c1-3-9(10,8(13)14)4-7-5-11-6(2)12-7/h1,5H,4,10H2,2H3,(H,11,12)(H,13,14). The van der Waals surface area contributed by atoms with Crippen LogP contribution in [0.15, 0.2) is 6.20 Å². The fraction of sp³-hybridized carbons (Fsp3) is 0.333. The lowest BCUT2D eigenvalue weighted by Crippen LogP contribution is -2.48. The van der Waals surface area contributed by atoms with Crippen LogP contribution in [-0.4, -0.2) is 26.6 Å². The maximum atomic E-state index is 10.8. The van der Waals surface area contributed by atoms with E-state index in [0.29, 0.717) is 11.5 Å². The van der Waals surface area contributed by atoms with Crippen molar-refractivity contribution in [2.45, 2.75) is 18.9 Å². The van der Waals surface area contributed by atoms with Crippen LogP contribution in [0, 0.1) is 19.3 Å². The lowest BCUT2D eigenvalue weighted by molar-refractivity contribution is -0.141. The van der Waals surface area contributed by atoms with E-state index in [-0.39, 0.29) is 6.42 Å². The largest absolute Gasteiger partial charge is 0.479 e. The summed E-state index contributed by atoms with van der Waals surface area (Å²) >= 11 is 0. The van der Waals surface area contributed by atoms with E-state index in [4.69, 9.17) is 17.3 Å². The number of aromatic nitrogens is 2. The first-order valence-corrected chi connectivity index (χ1v) is 3.98. The summed E-state index contributed by atoms with van der Waals surface area (Å²) in [5.74, 6) is 1.55. The molecule has 1 unspecified atom stereocenters. The zero-order chi connectivity index (χ0) is 10.8. The molecule has 0 radical (unpaired) electrons. The Morgan fingerprint density at radius 3 is 2.93 bits per heavy atom. The number of terminal acetylenes is 1. The van der Waals surface area contributed by atoms with Crippen molar-refractivity contribution in [1.82, 2.24) is 9.97 Å². The molecule has 0 amide bonds. The molecule has 1 aromatic rings. The van der Waals surface area contributed by atoms with E-state index in [0.717, 1.165) is 0 Å². The van der Waals surface area contributed by atoms with Crippen LogP contribution < -0.4 is 5.73 Å². The highest BCUT2D eigenvalue weighted by Gasteiger charge is 2.32. The van der Waals surface area contributed by atoms with Crippen molar-refractivity contribution < 1.29 is 9.90 Å². The summed E-state index contributed by atoms with van der Waals surface area (Å²) in [7, 11) is 0. The summed E-state index contributed by atoms with van der Waals surface area (Å²) in [6.07, 6.45) is 6.64. The van der Waals surface area contributed by atoms with Gasteiger partial charge in [-0.2, -0.15) is 0 Å². The van der Waals surface area contributed by atoms with Gasteiger partial charge in [0.25, 0.3) is 0 Å². The van der Waals surface area contributed by atoms with Crippen LogP contribution >= 0.6 is 0 Å². The fourth-order valence-electron chi connectivity index (χ4n) is 1.05. The number of aromatic amines is 1. The molecule has 0 saturated heterocycles. The summed E-state index contributed by atoms with van der Waals surface area (Å²) < 4.78 is 0. The Hall–Kier alpha value is -1.80.